The number of hydrogen-bond donors (Lipinski definition) is 2. The number of aliphatic hydroxyl groups is 2. The van der Waals surface area contributed by atoms with E-state index in [2.05, 4.69) is 13.8 Å². The summed E-state index contributed by atoms with van der Waals surface area (Å²) < 4.78 is 24.5. The van der Waals surface area contributed by atoms with Gasteiger partial charge in [0.1, 0.15) is 12.1 Å². The summed E-state index contributed by atoms with van der Waals surface area (Å²) in [6, 6.07) is 4.03. The number of ether oxygens (including phenoxy) is 4. The fourth-order valence-corrected chi connectivity index (χ4v) is 16.5. The number of hydrogen-bond acceptors (Lipinski definition) is 16. The molecule has 16 heteroatoms. The van der Waals surface area contributed by atoms with Crippen molar-refractivity contribution in [3.63, 3.8) is 0 Å². The van der Waals surface area contributed by atoms with E-state index in [-0.39, 0.29) is 69.0 Å². The third-order valence-electron chi connectivity index (χ3n) is 15.8. The number of benzene rings is 1. The maximum atomic E-state index is 14.5. The van der Waals surface area contributed by atoms with E-state index in [0.29, 0.717) is 68.9 Å². The van der Waals surface area contributed by atoms with Crippen molar-refractivity contribution in [1.82, 2.24) is 0 Å². The van der Waals surface area contributed by atoms with Gasteiger partial charge in [0.05, 0.1) is 64.3 Å². The van der Waals surface area contributed by atoms with Crippen LogP contribution < -0.4 is 9.47 Å². The van der Waals surface area contributed by atoms with Gasteiger partial charge < -0.3 is 29.2 Å². The lowest BCUT2D eigenvalue weighted by Gasteiger charge is -2.37. The van der Waals surface area contributed by atoms with Crippen LogP contribution >= 0.6 is 47.0 Å². The SMILES string of the molecule is CCC1CCC(C2CCC(C(=O)Oc3c4c(c(OC(=O)C5CCC(C6CCC(CC)CC6)CC5)c5c3SC(=C(C#N)C(=O)OCCC(C)(C)O)S5)SC(=C(C#N)C(=O)OCCC(C)(C)O)S4)CC2)CC1. The summed E-state index contributed by atoms with van der Waals surface area (Å²) >= 11 is 4.20. The highest BCUT2D eigenvalue weighted by Gasteiger charge is 2.44. The van der Waals surface area contributed by atoms with Crippen molar-refractivity contribution >= 4 is 70.9 Å². The molecule has 2 heterocycles. The van der Waals surface area contributed by atoms with Crippen molar-refractivity contribution in [2.45, 2.75) is 201 Å². The molecule has 12 nitrogen and oxygen atoms in total. The average Bonchev–Trinajstić information content (AvgIpc) is 3.98. The zero-order chi connectivity index (χ0) is 50.3. The lowest BCUT2D eigenvalue weighted by atomic mass is 9.69. The summed E-state index contributed by atoms with van der Waals surface area (Å²) in [7, 11) is 0. The molecule has 4 fully saturated rings. The van der Waals surface area contributed by atoms with Crippen LogP contribution in [0.2, 0.25) is 0 Å². The van der Waals surface area contributed by atoms with Crippen molar-refractivity contribution in [3.8, 4) is 23.6 Å². The molecule has 70 heavy (non-hydrogen) atoms. The van der Waals surface area contributed by atoms with E-state index >= 15 is 0 Å². The van der Waals surface area contributed by atoms with E-state index < -0.39 is 35.1 Å². The third-order valence-corrected chi connectivity index (χ3v) is 21.0. The van der Waals surface area contributed by atoms with E-state index in [9.17, 15) is 39.9 Å². The Morgan fingerprint density at radius 3 is 1.06 bits per heavy atom. The Morgan fingerprint density at radius 2 is 0.800 bits per heavy atom. The first-order chi connectivity index (χ1) is 33.4. The molecule has 0 amide bonds. The summed E-state index contributed by atoms with van der Waals surface area (Å²) in [5.41, 5.74) is -2.77. The van der Waals surface area contributed by atoms with Crippen LogP contribution in [-0.2, 0) is 28.7 Å². The number of nitrogens with zero attached hydrogens (tertiary/aromatic N) is 2. The number of fused-ring (bicyclic) bond motifs is 2. The van der Waals surface area contributed by atoms with Crippen molar-refractivity contribution < 1.29 is 48.3 Å². The van der Waals surface area contributed by atoms with Gasteiger partial charge >= 0.3 is 23.9 Å². The van der Waals surface area contributed by atoms with Crippen LogP contribution in [0.5, 0.6) is 11.5 Å². The summed E-state index contributed by atoms with van der Waals surface area (Å²) in [4.78, 5) is 57.5. The summed E-state index contributed by atoms with van der Waals surface area (Å²) in [6.45, 7) is 10.7. The van der Waals surface area contributed by atoms with E-state index in [1.807, 2.05) is 12.1 Å². The van der Waals surface area contributed by atoms with Gasteiger partial charge in [-0.1, -0.05) is 99.4 Å². The van der Waals surface area contributed by atoms with Gasteiger partial charge in [-0.25, -0.2) is 9.59 Å². The summed E-state index contributed by atoms with van der Waals surface area (Å²) in [6.07, 6.45) is 19.2. The van der Waals surface area contributed by atoms with E-state index in [0.717, 1.165) is 84.6 Å². The molecule has 1 aromatic rings. The van der Waals surface area contributed by atoms with E-state index in [4.69, 9.17) is 18.9 Å². The predicted octanol–water partition coefficient (Wildman–Crippen LogP) is 12.8. The minimum atomic E-state index is -1.10. The van der Waals surface area contributed by atoms with Crippen LogP contribution in [-0.4, -0.2) is 58.5 Å². The Labute approximate surface area is 432 Å². The van der Waals surface area contributed by atoms with Gasteiger partial charge in [0.25, 0.3) is 0 Å². The minimum Gasteiger partial charge on any atom is -0.461 e. The smallest absolute Gasteiger partial charge is 0.350 e. The van der Waals surface area contributed by atoms with Crippen LogP contribution in [0.3, 0.4) is 0 Å². The fourth-order valence-electron chi connectivity index (χ4n) is 11.2. The van der Waals surface area contributed by atoms with Gasteiger partial charge in [-0.3, -0.25) is 9.59 Å². The van der Waals surface area contributed by atoms with Crippen LogP contribution in [0.15, 0.2) is 39.2 Å². The Hall–Kier alpha value is -3.12. The number of carbonyl (C=O) groups is 4. The van der Waals surface area contributed by atoms with Crippen molar-refractivity contribution in [1.29, 1.82) is 10.5 Å². The molecule has 0 bridgehead atoms. The predicted molar refractivity (Wildman–Crippen MR) is 273 cm³/mol. The minimum absolute atomic E-state index is 0.128. The van der Waals surface area contributed by atoms with Gasteiger partial charge in [-0.15, -0.1) is 0 Å². The first-order valence-electron chi connectivity index (χ1n) is 25.9. The molecular weight excluding hydrogens is 965 g/mol. The molecule has 4 saturated carbocycles. The zero-order valence-electron chi connectivity index (χ0n) is 41.9. The number of thioether (sulfide) groups is 4. The molecule has 4 aliphatic carbocycles. The molecule has 0 atom stereocenters. The molecule has 0 aromatic heterocycles. The summed E-state index contributed by atoms with van der Waals surface area (Å²) in [5, 5.41) is 41.4. The van der Waals surface area contributed by atoms with Crippen LogP contribution in [0.25, 0.3) is 0 Å². The quantitative estimate of drug-likeness (QED) is 0.0686. The monoisotopic (exact) mass is 1040 g/mol. The highest BCUT2D eigenvalue weighted by atomic mass is 32.2. The lowest BCUT2D eigenvalue weighted by Crippen LogP contribution is -2.30. The van der Waals surface area contributed by atoms with Gasteiger partial charge in [-0.2, -0.15) is 10.5 Å². The Balaban J connectivity index is 1.22. The third kappa shape index (κ3) is 13.7. The molecule has 7 rings (SSSR count). The average molecular weight is 1040 g/mol. The molecule has 2 N–H and O–H groups in total. The van der Waals surface area contributed by atoms with Gasteiger partial charge in [0.15, 0.2) is 22.6 Å². The topological polar surface area (TPSA) is 193 Å². The molecule has 2 aliphatic heterocycles. The number of nitriles is 2. The molecule has 0 radical (unpaired) electrons. The van der Waals surface area contributed by atoms with Crippen LogP contribution in [0.1, 0.15) is 170 Å². The maximum absolute atomic E-state index is 14.5. The van der Waals surface area contributed by atoms with Crippen molar-refractivity contribution in [2.24, 2.45) is 47.3 Å². The van der Waals surface area contributed by atoms with Crippen molar-refractivity contribution in [2.75, 3.05) is 13.2 Å². The second-order valence-electron chi connectivity index (χ2n) is 21.8. The number of esters is 4. The van der Waals surface area contributed by atoms with E-state index in [1.54, 1.807) is 27.7 Å². The normalized spacial score (nSPS) is 26.8. The molecular formula is C54H72N2O10S4. The molecule has 0 saturated heterocycles. The molecule has 382 valence electrons. The van der Waals surface area contributed by atoms with E-state index in [1.165, 1.54) is 64.2 Å². The molecule has 6 aliphatic rings. The Kier molecular flexibility index (Phi) is 19.0. The number of carbonyl (C=O) groups excluding carboxylic acids is 4. The van der Waals surface area contributed by atoms with Crippen LogP contribution in [0.4, 0.5) is 0 Å². The maximum Gasteiger partial charge on any atom is 0.350 e. The largest absolute Gasteiger partial charge is 0.461 e. The summed E-state index contributed by atoms with van der Waals surface area (Å²) in [5.74, 6) is 1.07. The second kappa shape index (κ2) is 24.3. The molecule has 1 aromatic carbocycles. The second-order valence-corrected chi connectivity index (χ2v) is 26.4. The standard InChI is InChI=1S/C54H72N2O10S4/c1-7-31-9-13-33(14-10-31)35-17-21-37(22-18-35)47(57)65-41-43-45(69-51(67-43)39(29-55)49(59)63-27-25-53(3,4)61)42(46-44(41)68-52(70-46)40(30-56)50(60)64-28-26-54(5,6)62)66-48(58)38-23-19-36(20-24-38)34-15-11-32(8-2)12-16-34/h31-38,61-62H,7-28H2,1-6H3. The lowest BCUT2D eigenvalue weighted by molar-refractivity contribution is -0.142. The fraction of sp³-hybridized carbons (Fsp3) is 0.704. The molecule has 0 spiro atoms. The first kappa shape index (κ1) is 54.6. The van der Waals surface area contributed by atoms with Gasteiger partial charge in [0, 0.05) is 12.8 Å². The van der Waals surface area contributed by atoms with Gasteiger partial charge in [0.2, 0.25) is 0 Å². The zero-order valence-corrected chi connectivity index (χ0v) is 45.1. The number of rotatable bonds is 16. The molecule has 0 unspecified atom stereocenters. The highest BCUT2D eigenvalue weighted by molar-refractivity contribution is 8.26. The first-order valence-corrected chi connectivity index (χ1v) is 29.1. The van der Waals surface area contributed by atoms with Gasteiger partial charge in [-0.05, 0) is 140 Å². The Bertz CT molecular complexity index is 2060. The highest BCUT2D eigenvalue weighted by Crippen LogP contribution is 2.69. The van der Waals surface area contributed by atoms with Crippen LogP contribution in [0, 0.1) is 70.0 Å². The van der Waals surface area contributed by atoms with Crippen molar-refractivity contribution in [3.05, 3.63) is 19.6 Å². The Morgan fingerprint density at radius 1 is 0.514 bits per heavy atom.